The average molecular weight is 118 g/mol. The van der Waals surface area contributed by atoms with Crippen LogP contribution in [0.4, 0.5) is 0 Å². The lowest BCUT2D eigenvalue weighted by Gasteiger charge is -1.90. The Morgan fingerprint density at radius 2 is 1.62 bits per heavy atom. The van der Waals surface area contributed by atoms with Gasteiger partial charge >= 0.3 is 6.15 Å². The summed E-state index contributed by atoms with van der Waals surface area (Å²) < 4.78 is 0. The van der Waals surface area contributed by atoms with Crippen LogP contribution in [0.5, 0.6) is 0 Å². The van der Waals surface area contributed by atoms with Crippen LogP contribution in [0.25, 0.3) is 0 Å². The summed E-state index contributed by atoms with van der Waals surface area (Å²) in [5.74, 6) is 0.440. The van der Waals surface area contributed by atoms with Crippen molar-refractivity contribution in [2.45, 2.75) is 13.8 Å². The molecule has 0 aliphatic rings. The smallest absolute Gasteiger partial charge is 0.373 e. The monoisotopic (exact) mass is 118 g/mol. The molecule has 8 heavy (non-hydrogen) atoms. The van der Waals surface area contributed by atoms with E-state index in [4.69, 9.17) is 14.7 Å². The minimum atomic E-state index is 0.250. The van der Waals surface area contributed by atoms with E-state index in [0.29, 0.717) is 12.5 Å². The first-order valence-electron chi connectivity index (χ1n) is 2.29. The SMILES string of the molecule is CC(C)CO.O=C=O. The molecule has 3 nitrogen and oxygen atoms in total. The lowest BCUT2D eigenvalue weighted by molar-refractivity contribution is -0.191. The molecule has 0 aromatic carbocycles. The summed E-state index contributed by atoms with van der Waals surface area (Å²) in [5, 5.41) is 8.14. The Balaban J connectivity index is 0. The van der Waals surface area contributed by atoms with E-state index >= 15 is 0 Å². The minimum absolute atomic E-state index is 0.250. The summed E-state index contributed by atoms with van der Waals surface area (Å²) in [7, 11) is 0. The normalized spacial score (nSPS) is 7.00. The number of hydrogen-bond acceptors (Lipinski definition) is 3. The molecule has 0 heterocycles. The minimum Gasteiger partial charge on any atom is -0.396 e. The molecule has 0 unspecified atom stereocenters. The van der Waals surface area contributed by atoms with Crippen molar-refractivity contribution in [2.24, 2.45) is 5.92 Å². The second-order valence-corrected chi connectivity index (χ2v) is 1.66. The van der Waals surface area contributed by atoms with Gasteiger partial charge in [0, 0.05) is 6.61 Å². The van der Waals surface area contributed by atoms with Crippen molar-refractivity contribution < 1.29 is 14.7 Å². The number of aliphatic hydroxyl groups is 1. The molecule has 0 spiro atoms. The Labute approximate surface area is 48.3 Å². The van der Waals surface area contributed by atoms with E-state index in [1.807, 2.05) is 13.8 Å². The van der Waals surface area contributed by atoms with E-state index in [-0.39, 0.29) is 6.15 Å². The third-order valence-electron chi connectivity index (χ3n) is 0.365. The molecular weight excluding hydrogens is 108 g/mol. The van der Waals surface area contributed by atoms with Crippen molar-refractivity contribution in [1.29, 1.82) is 0 Å². The lowest BCUT2D eigenvalue weighted by Crippen LogP contribution is -1.90. The fourth-order valence-electron chi connectivity index (χ4n) is 0. The molecular formula is C5H10O3. The van der Waals surface area contributed by atoms with Gasteiger partial charge in [0.1, 0.15) is 0 Å². The van der Waals surface area contributed by atoms with Crippen molar-refractivity contribution in [3.05, 3.63) is 0 Å². The standard InChI is InChI=1S/C4H10O.CO2/c1-4(2)3-5;2-1-3/h4-5H,3H2,1-2H3;. The van der Waals surface area contributed by atoms with Crippen molar-refractivity contribution in [3.8, 4) is 0 Å². The number of hydrogen-bond donors (Lipinski definition) is 1. The Kier molecular flexibility index (Phi) is 12.4. The summed E-state index contributed by atoms with van der Waals surface area (Å²) >= 11 is 0. The quantitative estimate of drug-likeness (QED) is 0.529. The van der Waals surface area contributed by atoms with Crippen LogP contribution in [0, 0.1) is 5.92 Å². The first kappa shape index (κ1) is 10.3. The van der Waals surface area contributed by atoms with E-state index < -0.39 is 0 Å². The van der Waals surface area contributed by atoms with E-state index in [9.17, 15) is 0 Å². The zero-order valence-corrected chi connectivity index (χ0v) is 5.05. The van der Waals surface area contributed by atoms with Gasteiger partial charge < -0.3 is 5.11 Å². The topological polar surface area (TPSA) is 54.4 Å². The Hall–Kier alpha value is -0.660. The highest BCUT2D eigenvalue weighted by atomic mass is 16.3. The van der Waals surface area contributed by atoms with Crippen LogP contribution >= 0.6 is 0 Å². The molecule has 48 valence electrons. The summed E-state index contributed by atoms with van der Waals surface area (Å²) in [4.78, 5) is 16.2. The average Bonchev–Trinajstić information content (AvgIpc) is 1.69. The van der Waals surface area contributed by atoms with E-state index in [1.165, 1.54) is 0 Å². The maximum absolute atomic E-state index is 8.14. The maximum atomic E-state index is 8.14. The largest absolute Gasteiger partial charge is 0.396 e. The zero-order chi connectivity index (χ0) is 6.99. The lowest BCUT2D eigenvalue weighted by atomic mass is 10.2. The number of carbonyl (C=O) groups excluding carboxylic acids is 2. The second-order valence-electron chi connectivity index (χ2n) is 1.66. The van der Waals surface area contributed by atoms with Gasteiger partial charge in [0.2, 0.25) is 0 Å². The fraction of sp³-hybridized carbons (Fsp3) is 0.800. The third kappa shape index (κ3) is 56.0. The Morgan fingerprint density at radius 3 is 1.62 bits per heavy atom. The zero-order valence-electron chi connectivity index (χ0n) is 5.05. The maximum Gasteiger partial charge on any atom is 0.373 e. The third-order valence-corrected chi connectivity index (χ3v) is 0.365. The molecule has 0 bridgehead atoms. The van der Waals surface area contributed by atoms with E-state index in [1.54, 1.807) is 0 Å². The predicted molar refractivity (Wildman–Crippen MR) is 26.9 cm³/mol. The predicted octanol–water partition coefficient (Wildman–Crippen LogP) is 0.0512. The molecule has 0 atom stereocenters. The van der Waals surface area contributed by atoms with Gasteiger partial charge in [-0.15, -0.1) is 0 Å². The first-order chi connectivity index (χ1) is 3.68. The Morgan fingerprint density at radius 1 is 1.50 bits per heavy atom. The van der Waals surface area contributed by atoms with Crippen LogP contribution in [0.1, 0.15) is 13.8 Å². The molecule has 0 amide bonds. The van der Waals surface area contributed by atoms with Crippen LogP contribution in [-0.2, 0) is 9.59 Å². The molecule has 0 saturated heterocycles. The molecule has 0 aliphatic carbocycles. The van der Waals surface area contributed by atoms with Gasteiger partial charge in [0.25, 0.3) is 0 Å². The first-order valence-corrected chi connectivity index (χ1v) is 2.29. The van der Waals surface area contributed by atoms with Gasteiger partial charge in [-0.1, -0.05) is 13.8 Å². The highest BCUT2D eigenvalue weighted by Crippen LogP contribution is 1.83. The molecule has 0 fully saturated rings. The summed E-state index contributed by atoms with van der Waals surface area (Å²) in [6.45, 7) is 4.25. The summed E-state index contributed by atoms with van der Waals surface area (Å²) in [6.07, 6.45) is 0.250. The van der Waals surface area contributed by atoms with Crippen LogP contribution < -0.4 is 0 Å². The van der Waals surface area contributed by atoms with Crippen LogP contribution in [0.15, 0.2) is 0 Å². The van der Waals surface area contributed by atoms with Crippen LogP contribution in [0.3, 0.4) is 0 Å². The fourth-order valence-corrected chi connectivity index (χ4v) is 0. The van der Waals surface area contributed by atoms with E-state index in [2.05, 4.69) is 0 Å². The molecule has 3 heteroatoms. The van der Waals surface area contributed by atoms with Crippen molar-refractivity contribution in [2.75, 3.05) is 6.61 Å². The summed E-state index contributed by atoms with van der Waals surface area (Å²) in [5.41, 5.74) is 0. The number of rotatable bonds is 1. The van der Waals surface area contributed by atoms with Gasteiger partial charge in [-0.05, 0) is 5.92 Å². The van der Waals surface area contributed by atoms with Gasteiger partial charge in [-0.3, -0.25) is 0 Å². The van der Waals surface area contributed by atoms with Gasteiger partial charge in [-0.2, -0.15) is 9.59 Å². The molecule has 0 rings (SSSR count). The van der Waals surface area contributed by atoms with Crippen molar-refractivity contribution in [3.63, 3.8) is 0 Å². The molecule has 1 N–H and O–H groups in total. The molecule has 0 aromatic heterocycles. The van der Waals surface area contributed by atoms with Crippen LogP contribution in [0.2, 0.25) is 0 Å². The van der Waals surface area contributed by atoms with E-state index in [0.717, 1.165) is 0 Å². The summed E-state index contributed by atoms with van der Waals surface area (Å²) in [6, 6.07) is 0. The highest BCUT2D eigenvalue weighted by molar-refractivity contribution is 5.20. The highest BCUT2D eigenvalue weighted by Gasteiger charge is 1.81. The molecule has 0 aromatic rings. The van der Waals surface area contributed by atoms with Crippen molar-refractivity contribution >= 4 is 6.15 Å². The van der Waals surface area contributed by atoms with Gasteiger partial charge in [0.15, 0.2) is 0 Å². The molecule has 0 saturated carbocycles. The molecule has 0 radical (unpaired) electrons. The van der Waals surface area contributed by atoms with Crippen molar-refractivity contribution in [1.82, 2.24) is 0 Å². The van der Waals surface area contributed by atoms with Gasteiger partial charge in [0.05, 0.1) is 0 Å². The van der Waals surface area contributed by atoms with Gasteiger partial charge in [-0.25, -0.2) is 0 Å². The molecule has 0 aliphatic heterocycles. The van der Waals surface area contributed by atoms with Crippen LogP contribution in [-0.4, -0.2) is 17.9 Å². The Bertz CT molecular complexity index is 62.1. The second kappa shape index (κ2) is 9.60. The number of aliphatic hydroxyl groups excluding tert-OH is 1.